The van der Waals surface area contributed by atoms with Crippen LogP contribution >= 0.6 is 7.60 Å². The van der Waals surface area contributed by atoms with Gasteiger partial charge in [-0.1, -0.05) is 6.08 Å². The van der Waals surface area contributed by atoms with E-state index in [4.69, 9.17) is 9.05 Å². The maximum atomic E-state index is 11.4. The molecule has 0 atom stereocenters. The molecule has 10 heavy (non-hydrogen) atoms. The molecule has 0 N–H and O–H groups in total. The molecular formula is C6H11O3P. The third-order valence-corrected chi connectivity index (χ3v) is 3.68. The second kappa shape index (κ2) is 2.87. The van der Waals surface area contributed by atoms with Gasteiger partial charge in [0.15, 0.2) is 0 Å². The second-order valence-electron chi connectivity index (χ2n) is 2.10. The van der Waals surface area contributed by atoms with Crippen LogP contribution in [0.2, 0.25) is 0 Å². The first-order valence-electron chi connectivity index (χ1n) is 3.14. The van der Waals surface area contributed by atoms with Crippen molar-refractivity contribution in [1.29, 1.82) is 0 Å². The summed E-state index contributed by atoms with van der Waals surface area (Å²) in [7, 11) is -0.0119. The van der Waals surface area contributed by atoms with Crippen molar-refractivity contribution < 1.29 is 13.6 Å². The number of rotatable bonds is 3. The number of hydrogen-bond donors (Lipinski definition) is 0. The Labute approximate surface area is 60.6 Å². The lowest BCUT2D eigenvalue weighted by Gasteiger charge is -2.21. The quantitative estimate of drug-likeness (QED) is 0.596. The van der Waals surface area contributed by atoms with Crippen molar-refractivity contribution in [3.8, 4) is 0 Å². The van der Waals surface area contributed by atoms with Gasteiger partial charge >= 0.3 is 7.60 Å². The van der Waals surface area contributed by atoms with Crippen LogP contribution in [0.1, 0.15) is 12.8 Å². The lowest BCUT2D eigenvalue weighted by Crippen LogP contribution is -1.99. The first-order valence-corrected chi connectivity index (χ1v) is 4.68. The monoisotopic (exact) mass is 162 g/mol. The van der Waals surface area contributed by atoms with E-state index >= 15 is 0 Å². The maximum absolute atomic E-state index is 11.4. The van der Waals surface area contributed by atoms with Crippen molar-refractivity contribution in [2.75, 3.05) is 14.2 Å². The molecule has 0 aliphatic heterocycles. The molecule has 0 unspecified atom stereocenters. The SMILES string of the molecule is COP(=O)(OC)C1=CCC1. The molecule has 0 radical (unpaired) electrons. The van der Waals surface area contributed by atoms with Gasteiger partial charge in [0.25, 0.3) is 0 Å². The smallest absolute Gasteiger partial charge is 0.309 e. The predicted octanol–water partition coefficient (Wildman–Crippen LogP) is 2.15. The lowest BCUT2D eigenvalue weighted by molar-refractivity contribution is 0.280. The van der Waals surface area contributed by atoms with Gasteiger partial charge in [-0.25, -0.2) is 0 Å². The van der Waals surface area contributed by atoms with Crippen molar-refractivity contribution in [2.45, 2.75) is 12.8 Å². The molecule has 0 heterocycles. The summed E-state index contributed by atoms with van der Waals surface area (Å²) in [5.74, 6) is 0. The number of hydrogen-bond acceptors (Lipinski definition) is 3. The Morgan fingerprint density at radius 3 is 2.10 bits per heavy atom. The highest BCUT2D eigenvalue weighted by Gasteiger charge is 2.29. The molecule has 58 valence electrons. The summed E-state index contributed by atoms with van der Waals surface area (Å²) in [6.07, 6.45) is 3.73. The first-order chi connectivity index (χ1) is 4.73. The standard InChI is InChI=1S/C6H11O3P/c1-8-10(7,9-2)6-4-3-5-6/h4H,3,5H2,1-2H3. The van der Waals surface area contributed by atoms with Crippen molar-refractivity contribution in [3.05, 3.63) is 11.4 Å². The lowest BCUT2D eigenvalue weighted by atomic mass is 10.1. The topological polar surface area (TPSA) is 35.5 Å². The van der Waals surface area contributed by atoms with E-state index in [2.05, 4.69) is 0 Å². The van der Waals surface area contributed by atoms with Crippen molar-refractivity contribution >= 4 is 7.60 Å². The summed E-state index contributed by atoms with van der Waals surface area (Å²) in [6, 6.07) is 0. The molecule has 0 amide bonds. The van der Waals surface area contributed by atoms with E-state index in [0.717, 1.165) is 18.2 Å². The predicted molar refractivity (Wildman–Crippen MR) is 38.9 cm³/mol. The summed E-state index contributed by atoms with van der Waals surface area (Å²) in [5, 5.41) is 0.817. The third kappa shape index (κ3) is 1.17. The van der Waals surface area contributed by atoms with Crippen LogP contribution in [0.25, 0.3) is 0 Å². The Morgan fingerprint density at radius 1 is 1.50 bits per heavy atom. The minimum Gasteiger partial charge on any atom is -0.309 e. The van der Waals surface area contributed by atoms with Gasteiger partial charge in [-0.2, -0.15) is 0 Å². The Morgan fingerprint density at radius 2 is 2.00 bits per heavy atom. The average molecular weight is 162 g/mol. The minimum absolute atomic E-state index is 0.817. The van der Waals surface area contributed by atoms with Crippen LogP contribution in [0.4, 0.5) is 0 Å². The van der Waals surface area contributed by atoms with E-state index < -0.39 is 7.60 Å². The number of allylic oxidation sites excluding steroid dienone is 2. The van der Waals surface area contributed by atoms with Gasteiger partial charge in [0.1, 0.15) is 0 Å². The molecule has 1 rings (SSSR count). The van der Waals surface area contributed by atoms with Crippen LogP contribution in [0.5, 0.6) is 0 Å². The van der Waals surface area contributed by atoms with E-state index in [0.29, 0.717) is 0 Å². The highest BCUT2D eigenvalue weighted by atomic mass is 31.2. The summed E-state index contributed by atoms with van der Waals surface area (Å²) >= 11 is 0. The van der Waals surface area contributed by atoms with Gasteiger partial charge in [-0.3, -0.25) is 4.57 Å². The largest absolute Gasteiger partial charge is 0.356 e. The van der Waals surface area contributed by atoms with Gasteiger partial charge in [-0.15, -0.1) is 0 Å². The molecule has 0 bridgehead atoms. The van der Waals surface area contributed by atoms with Gasteiger partial charge < -0.3 is 9.05 Å². The zero-order valence-corrected chi connectivity index (χ0v) is 7.06. The molecule has 1 aliphatic rings. The van der Waals surface area contributed by atoms with Crippen LogP contribution in [-0.4, -0.2) is 14.2 Å². The fourth-order valence-corrected chi connectivity index (χ4v) is 2.20. The molecule has 0 fully saturated rings. The Bertz CT molecular complexity index is 189. The molecule has 4 heteroatoms. The molecule has 0 saturated carbocycles. The van der Waals surface area contributed by atoms with E-state index in [9.17, 15) is 4.57 Å². The van der Waals surface area contributed by atoms with Gasteiger partial charge in [0.05, 0.1) is 0 Å². The molecule has 1 aliphatic carbocycles. The summed E-state index contributed by atoms with van der Waals surface area (Å²) in [6.45, 7) is 0. The van der Waals surface area contributed by atoms with E-state index in [-0.39, 0.29) is 0 Å². The van der Waals surface area contributed by atoms with E-state index in [1.165, 1.54) is 14.2 Å². The fraction of sp³-hybridized carbons (Fsp3) is 0.667. The van der Waals surface area contributed by atoms with Crippen molar-refractivity contribution in [3.63, 3.8) is 0 Å². The molecule has 0 saturated heterocycles. The second-order valence-corrected chi connectivity index (χ2v) is 4.40. The summed E-state index contributed by atoms with van der Waals surface area (Å²) < 4.78 is 20.9. The normalized spacial score (nSPS) is 18.0. The molecule has 0 aromatic rings. The first kappa shape index (κ1) is 7.99. The molecule has 0 spiro atoms. The fourth-order valence-electron chi connectivity index (χ4n) is 0.831. The van der Waals surface area contributed by atoms with Crippen LogP contribution in [0, 0.1) is 0 Å². The molecule has 0 aromatic carbocycles. The van der Waals surface area contributed by atoms with E-state index in [1.54, 1.807) is 0 Å². The zero-order chi connectivity index (χ0) is 7.61. The van der Waals surface area contributed by atoms with Crippen LogP contribution in [-0.2, 0) is 13.6 Å². The highest BCUT2D eigenvalue weighted by molar-refractivity contribution is 7.58. The summed E-state index contributed by atoms with van der Waals surface area (Å²) in [4.78, 5) is 0. The van der Waals surface area contributed by atoms with Gasteiger partial charge in [0, 0.05) is 19.5 Å². The highest BCUT2D eigenvalue weighted by Crippen LogP contribution is 2.59. The Kier molecular flexibility index (Phi) is 2.29. The summed E-state index contributed by atoms with van der Waals surface area (Å²) in [5.41, 5.74) is 0. The van der Waals surface area contributed by atoms with Crippen molar-refractivity contribution in [1.82, 2.24) is 0 Å². The van der Waals surface area contributed by atoms with Gasteiger partial charge in [-0.05, 0) is 12.8 Å². The molecule has 0 aromatic heterocycles. The maximum Gasteiger partial charge on any atom is 0.356 e. The van der Waals surface area contributed by atoms with Crippen LogP contribution < -0.4 is 0 Å². The molecule has 3 nitrogen and oxygen atoms in total. The zero-order valence-electron chi connectivity index (χ0n) is 6.16. The Balaban J connectivity index is 2.73. The minimum atomic E-state index is -2.82. The van der Waals surface area contributed by atoms with Gasteiger partial charge in [0.2, 0.25) is 0 Å². The van der Waals surface area contributed by atoms with E-state index in [1.807, 2.05) is 6.08 Å². The average Bonchev–Trinajstić information content (AvgIpc) is 1.84. The third-order valence-electron chi connectivity index (χ3n) is 1.61. The van der Waals surface area contributed by atoms with Crippen LogP contribution in [0.3, 0.4) is 0 Å². The van der Waals surface area contributed by atoms with Crippen LogP contribution in [0.15, 0.2) is 11.4 Å². The Hall–Kier alpha value is -0.110. The molecular weight excluding hydrogens is 151 g/mol. The van der Waals surface area contributed by atoms with Crippen molar-refractivity contribution in [2.24, 2.45) is 0 Å².